The van der Waals surface area contributed by atoms with Gasteiger partial charge in [-0.25, -0.2) is 0 Å². The highest BCUT2D eigenvalue weighted by Gasteiger charge is 2.25. The molecule has 1 aromatic rings. The van der Waals surface area contributed by atoms with Gasteiger partial charge in [-0.15, -0.1) is 10.2 Å². The summed E-state index contributed by atoms with van der Waals surface area (Å²) in [4.78, 5) is 13.6. The zero-order valence-corrected chi connectivity index (χ0v) is 13.4. The highest BCUT2D eigenvalue weighted by atomic mass is 32.2. The Hall–Kier alpha value is -1.56. The molecule has 0 radical (unpaired) electrons. The predicted molar refractivity (Wildman–Crippen MR) is 76.8 cm³/mol. The highest BCUT2D eigenvalue weighted by molar-refractivity contribution is 7.87. The second kappa shape index (κ2) is 6.69. The molecule has 11 heteroatoms. The molecule has 10 nitrogen and oxygen atoms in total. The fourth-order valence-electron chi connectivity index (χ4n) is 2.11. The van der Waals surface area contributed by atoms with E-state index in [1.165, 1.54) is 19.0 Å². The van der Waals surface area contributed by atoms with Crippen LogP contribution in [-0.4, -0.2) is 77.2 Å². The number of carbonyl (C=O) groups excluding carboxylic acids is 1. The van der Waals surface area contributed by atoms with E-state index in [1.54, 1.807) is 0 Å². The summed E-state index contributed by atoms with van der Waals surface area (Å²) in [7, 11) is -0.845. The Morgan fingerprint density at radius 3 is 2.73 bits per heavy atom. The second-order valence-electron chi connectivity index (χ2n) is 5.08. The van der Waals surface area contributed by atoms with Crippen LogP contribution in [0.2, 0.25) is 0 Å². The van der Waals surface area contributed by atoms with Gasteiger partial charge in [0.15, 0.2) is 5.82 Å². The molecule has 2 rings (SSSR count). The minimum absolute atomic E-state index is 0.00685. The van der Waals surface area contributed by atoms with Crippen molar-refractivity contribution >= 4 is 16.1 Å². The Balaban J connectivity index is 1.96. The molecule has 0 fully saturated rings. The van der Waals surface area contributed by atoms with Crippen LogP contribution >= 0.6 is 0 Å². The van der Waals surface area contributed by atoms with E-state index in [2.05, 4.69) is 14.9 Å². The SMILES string of the molecule is CN(C)S(=O)(=O)NCC(=O)N1CCn2c(CCO)nnc2C1. The molecule has 0 atom stereocenters. The molecular formula is C11H20N6O4S. The zero-order chi connectivity index (χ0) is 16.3. The van der Waals surface area contributed by atoms with Crippen LogP contribution in [0, 0.1) is 0 Å². The number of nitrogens with one attached hydrogen (secondary N) is 1. The molecule has 0 spiro atoms. The molecule has 1 aliphatic heterocycles. The number of fused-ring (bicyclic) bond motifs is 1. The number of hydrogen-bond donors (Lipinski definition) is 2. The van der Waals surface area contributed by atoms with Crippen molar-refractivity contribution in [2.45, 2.75) is 19.5 Å². The first kappa shape index (κ1) is 16.8. The third-order valence-electron chi connectivity index (χ3n) is 3.40. The van der Waals surface area contributed by atoms with Gasteiger partial charge in [0, 0.05) is 33.6 Å². The maximum Gasteiger partial charge on any atom is 0.279 e. The zero-order valence-electron chi connectivity index (χ0n) is 12.6. The predicted octanol–water partition coefficient (Wildman–Crippen LogP) is -2.45. The summed E-state index contributed by atoms with van der Waals surface area (Å²) in [6.07, 6.45) is 0.420. The van der Waals surface area contributed by atoms with Gasteiger partial charge >= 0.3 is 0 Å². The molecule has 0 unspecified atom stereocenters. The number of amides is 1. The van der Waals surface area contributed by atoms with Crippen LogP contribution in [0.5, 0.6) is 0 Å². The number of nitrogens with zero attached hydrogens (tertiary/aromatic N) is 5. The summed E-state index contributed by atoms with van der Waals surface area (Å²) in [5.74, 6) is 1.01. The maximum absolute atomic E-state index is 12.1. The Labute approximate surface area is 128 Å². The topological polar surface area (TPSA) is 121 Å². The van der Waals surface area contributed by atoms with Crippen LogP contribution in [0.3, 0.4) is 0 Å². The van der Waals surface area contributed by atoms with Gasteiger partial charge in [-0.1, -0.05) is 0 Å². The summed E-state index contributed by atoms with van der Waals surface area (Å²) in [6, 6.07) is 0. The average molecular weight is 332 g/mol. The summed E-state index contributed by atoms with van der Waals surface area (Å²) in [6.45, 7) is 0.960. The van der Waals surface area contributed by atoms with E-state index in [-0.39, 0.29) is 25.6 Å². The average Bonchev–Trinajstić information content (AvgIpc) is 2.87. The van der Waals surface area contributed by atoms with Gasteiger partial charge in [0.2, 0.25) is 5.91 Å². The van der Waals surface area contributed by atoms with E-state index in [0.29, 0.717) is 31.2 Å². The first-order valence-electron chi connectivity index (χ1n) is 6.82. The second-order valence-corrected chi connectivity index (χ2v) is 7.05. The third-order valence-corrected chi connectivity index (χ3v) is 4.88. The van der Waals surface area contributed by atoms with E-state index >= 15 is 0 Å². The quantitative estimate of drug-likeness (QED) is 0.597. The Morgan fingerprint density at radius 1 is 1.36 bits per heavy atom. The molecule has 0 aromatic carbocycles. The summed E-state index contributed by atoms with van der Waals surface area (Å²) >= 11 is 0. The van der Waals surface area contributed by atoms with Gasteiger partial charge in [-0.2, -0.15) is 17.4 Å². The molecular weight excluding hydrogens is 312 g/mol. The van der Waals surface area contributed by atoms with Gasteiger partial charge in [0.1, 0.15) is 5.82 Å². The molecule has 2 N–H and O–H groups in total. The van der Waals surface area contributed by atoms with Crippen molar-refractivity contribution < 1.29 is 18.3 Å². The van der Waals surface area contributed by atoms with Gasteiger partial charge in [-0.05, 0) is 0 Å². The Morgan fingerprint density at radius 2 is 2.09 bits per heavy atom. The van der Waals surface area contributed by atoms with Gasteiger partial charge in [0.25, 0.3) is 10.2 Å². The van der Waals surface area contributed by atoms with Crippen LogP contribution in [-0.2, 0) is 34.5 Å². The van der Waals surface area contributed by atoms with Crippen molar-refractivity contribution in [2.75, 3.05) is 33.8 Å². The molecule has 0 saturated carbocycles. The van der Waals surface area contributed by atoms with E-state index in [9.17, 15) is 13.2 Å². The summed E-state index contributed by atoms with van der Waals surface area (Å²) < 4.78 is 28.3. The fourth-order valence-corrected chi connectivity index (χ4v) is 2.67. The molecule has 22 heavy (non-hydrogen) atoms. The first-order valence-corrected chi connectivity index (χ1v) is 8.26. The molecule has 0 saturated heterocycles. The van der Waals surface area contributed by atoms with Crippen molar-refractivity contribution in [3.05, 3.63) is 11.6 Å². The highest BCUT2D eigenvalue weighted by Crippen LogP contribution is 2.12. The molecule has 2 heterocycles. The molecule has 1 amide bonds. The normalized spacial score (nSPS) is 15.2. The van der Waals surface area contributed by atoms with Crippen molar-refractivity contribution in [2.24, 2.45) is 0 Å². The molecule has 124 valence electrons. The van der Waals surface area contributed by atoms with E-state index < -0.39 is 10.2 Å². The minimum atomic E-state index is -3.62. The largest absolute Gasteiger partial charge is 0.396 e. The maximum atomic E-state index is 12.1. The van der Waals surface area contributed by atoms with E-state index in [1.807, 2.05) is 4.57 Å². The van der Waals surface area contributed by atoms with Crippen LogP contribution in [0.25, 0.3) is 0 Å². The number of carbonyl (C=O) groups is 1. The van der Waals surface area contributed by atoms with E-state index in [0.717, 1.165) is 4.31 Å². The van der Waals surface area contributed by atoms with Gasteiger partial charge in [-0.3, -0.25) is 4.79 Å². The standard InChI is InChI=1S/C11H20N6O4S/c1-15(2)22(20,21)12-7-11(19)16-4-5-17-9(3-6-18)13-14-10(17)8-16/h12,18H,3-8H2,1-2H3. The smallest absolute Gasteiger partial charge is 0.279 e. The number of aliphatic hydroxyl groups is 1. The lowest BCUT2D eigenvalue weighted by Crippen LogP contribution is -2.46. The Kier molecular flexibility index (Phi) is 5.11. The molecule has 0 aliphatic carbocycles. The molecule has 1 aliphatic rings. The fraction of sp³-hybridized carbons (Fsp3) is 0.727. The van der Waals surface area contributed by atoms with Crippen LogP contribution < -0.4 is 4.72 Å². The van der Waals surface area contributed by atoms with Crippen LogP contribution in [0.4, 0.5) is 0 Å². The van der Waals surface area contributed by atoms with Crippen molar-refractivity contribution in [3.8, 4) is 0 Å². The lowest BCUT2D eigenvalue weighted by atomic mass is 10.3. The van der Waals surface area contributed by atoms with Crippen molar-refractivity contribution in [3.63, 3.8) is 0 Å². The number of aromatic nitrogens is 3. The lowest BCUT2D eigenvalue weighted by Gasteiger charge is -2.28. The molecule has 1 aromatic heterocycles. The van der Waals surface area contributed by atoms with Gasteiger partial charge < -0.3 is 14.6 Å². The van der Waals surface area contributed by atoms with Crippen LogP contribution in [0.1, 0.15) is 11.6 Å². The van der Waals surface area contributed by atoms with Gasteiger partial charge in [0.05, 0.1) is 19.7 Å². The minimum Gasteiger partial charge on any atom is -0.396 e. The van der Waals surface area contributed by atoms with Crippen molar-refractivity contribution in [1.29, 1.82) is 0 Å². The number of aliphatic hydroxyl groups excluding tert-OH is 1. The van der Waals surface area contributed by atoms with E-state index in [4.69, 9.17) is 5.11 Å². The van der Waals surface area contributed by atoms with Crippen LogP contribution in [0.15, 0.2) is 0 Å². The Bertz CT molecular complexity index is 641. The number of hydrogen-bond acceptors (Lipinski definition) is 6. The number of rotatable bonds is 6. The first-order chi connectivity index (χ1) is 10.3. The third kappa shape index (κ3) is 3.61. The lowest BCUT2D eigenvalue weighted by molar-refractivity contribution is -0.131. The summed E-state index contributed by atoms with van der Waals surface area (Å²) in [5, 5.41) is 16.9. The summed E-state index contributed by atoms with van der Waals surface area (Å²) in [5.41, 5.74) is 0. The monoisotopic (exact) mass is 332 g/mol. The van der Waals surface area contributed by atoms with Crippen molar-refractivity contribution in [1.82, 2.24) is 28.7 Å². The molecule has 0 bridgehead atoms.